The number of Topliss-reactive ketones (excluding diaryl/α,β-unsaturated/α-hetero) is 1. The molecule has 11 atom stereocenters. The van der Waals surface area contributed by atoms with Crippen LogP contribution >= 0.6 is 0 Å². The molecule has 63 heavy (non-hydrogen) atoms. The molecule has 17 nitrogen and oxygen atoms in total. The lowest BCUT2D eigenvalue weighted by atomic mass is 9.83. The number of ketones is 1. The van der Waals surface area contributed by atoms with Gasteiger partial charge in [-0.15, -0.1) is 0 Å². The monoisotopic (exact) mass is 882 g/mol. The zero-order valence-electron chi connectivity index (χ0n) is 38.0. The Balaban J connectivity index is 1.51. The molecule has 1 amide bonds. The second-order valence-corrected chi connectivity index (χ2v) is 16.9. The Morgan fingerprint density at radius 3 is 2.40 bits per heavy atom. The molecule has 1 aliphatic heterocycles. The van der Waals surface area contributed by atoms with Gasteiger partial charge < -0.3 is 47.3 Å². The van der Waals surface area contributed by atoms with Gasteiger partial charge >= 0.3 is 11.9 Å². The van der Waals surface area contributed by atoms with E-state index < -0.39 is 54.5 Å². The first-order valence-electron chi connectivity index (χ1n) is 21.7. The Morgan fingerprint density at radius 2 is 1.70 bits per heavy atom. The molecule has 4 rings (SSSR count). The Hall–Kier alpha value is -4.97. The first-order valence-corrected chi connectivity index (χ1v) is 21.7. The van der Waals surface area contributed by atoms with E-state index >= 15 is 0 Å². The van der Waals surface area contributed by atoms with E-state index in [1.165, 1.54) is 30.6 Å². The number of oxazole rings is 3. The number of rotatable bonds is 15. The zero-order valence-corrected chi connectivity index (χ0v) is 38.0. The standard InChI is InChI=1S/C46H66N4O13/c1-27(16-17-38(55)30(4)44(62-32(6)52)28(2)18-19-50(7)26-51)40(58-9)22-41-31(5)39(57-8)14-11-15-42-47-36(24-59-42)45-49-37(25-61-45)46-48-35(23-60-46)29(3)20-33(53)12-10-13-34(54)21-43(56)63-41/h11,15,18-19,23-31,34,38-41,44,54-55H,10,12-14,16-17,20-22H2,1-9H3. The van der Waals surface area contributed by atoms with Gasteiger partial charge in [0.1, 0.15) is 36.8 Å². The fraction of sp³-hybridized carbons (Fsp3) is 0.630. The Bertz CT molecular complexity index is 1950. The van der Waals surface area contributed by atoms with Crippen molar-refractivity contribution in [3.05, 3.63) is 48.7 Å². The normalized spacial score (nSPS) is 23.7. The first kappa shape index (κ1) is 50.7. The summed E-state index contributed by atoms with van der Waals surface area (Å²) in [5, 5.41) is 22.2. The van der Waals surface area contributed by atoms with Crippen LogP contribution in [0.1, 0.15) is 117 Å². The number of esters is 2. The molecule has 4 heterocycles. The van der Waals surface area contributed by atoms with Crippen molar-refractivity contribution in [2.75, 3.05) is 21.3 Å². The number of aliphatic hydroxyl groups is 2. The number of carbonyl (C=O) groups is 4. The lowest BCUT2D eigenvalue weighted by Crippen LogP contribution is -2.39. The minimum atomic E-state index is -1.02. The molecule has 0 fully saturated rings. The van der Waals surface area contributed by atoms with Crippen LogP contribution in [-0.4, -0.2) is 112 Å². The SMILES string of the molecule is COC(CC1OC(=O)CC(O)CCCC(=O)CC(C)c2coc(n2)-c2coc(n2)-c2coc(n2)C=CCC(OC)C1C)C(C)CCC(O)C(C)C(OC(C)=O)C(C)C=CN(C)C=O. The lowest BCUT2D eigenvalue weighted by molar-refractivity contribution is -0.160. The third-order valence-electron chi connectivity index (χ3n) is 11.9. The molecule has 3 aromatic heterocycles. The number of ether oxygens (including phenoxy) is 4. The van der Waals surface area contributed by atoms with E-state index in [0.717, 1.165) is 0 Å². The molecule has 6 bridgehead atoms. The van der Waals surface area contributed by atoms with Crippen molar-refractivity contribution in [1.82, 2.24) is 19.9 Å². The third kappa shape index (κ3) is 15.4. The van der Waals surface area contributed by atoms with Crippen molar-refractivity contribution < 1.29 is 61.6 Å². The Kier molecular flexibility index (Phi) is 19.9. The van der Waals surface area contributed by atoms with E-state index in [2.05, 4.69) is 15.0 Å². The summed E-state index contributed by atoms with van der Waals surface area (Å²) in [6.07, 6.45) is 10.2. The van der Waals surface area contributed by atoms with Crippen molar-refractivity contribution in [3.63, 3.8) is 0 Å². The molecular weight excluding hydrogens is 817 g/mol. The molecular formula is C46H66N4O13. The average Bonchev–Trinajstić information content (AvgIpc) is 4.05. The predicted molar refractivity (Wildman–Crippen MR) is 230 cm³/mol. The van der Waals surface area contributed by atoms with Crippen LogP contribution in [0.2, 0.25) is 0 Å². The smallest absolute Gasteiger partial charge is 0.308 e. The van der Waals surface area contributed by atoms with Gasteiger partial charge in [0.25, 0.3) is 0 Å². The number of carbonyl (C=O) groups excluding carboxylic acids is 4. The summed E-state index contributed by atoms with van der Waals surface area (Å²) in [4.78, 5) is 64.4. The largest absolute Gasteiger partial charge is 0.462 e. The number of fused-ring (bicyclic) bond motifs is 8. The highest BCUT2D eigenvalue weighted by molar-refractivity contribution is 5.79. The molecule has 17 heteroatoms. The molecule has 11 unspecified atom stereocenters. The summed E-state index contributed by atoms with van der Waals surface area (Å²) in [6.45, 7) is 10.8. The van der Waals surface area contributed by atoms with Gasteiger partial charge in [-0.2, -0.15) is 0 Å². The maximum atomic E-state index is 13.5. The second kappa shape index (κ2) is 24.8. The van der Waals surface area contributed by atoms with E-state index in [1.54, 1.807) is 39.6 Å². The van der Waals surface area contributed by atoms with Gasteiger partial charge in [-0.05, 0) is 44.1 Å². The second-order valence-electron chi connectivity index (χ2n) is 16.9. The summed E-state index contributed by atoms with van der Waals surface area (Å²) < 4.78 is 40.7. The van der Waals surface area contributed by atoms with Crippen molar-refractivity contribution in [1.29, 1.82) is 0 Å². The lowest BCUT2D eigenvalue weighted by Gasteiger charge is -2.34. The highest BCUT2D eigenvalue weighted by Crippen LogP contribution is 2.31. The van der Waals surface area contributed by atoms with Crippen LogP contribution in [0.15, 0.2) is 50.4 Å². The third-order valence-corrected chi connectivity index (χ3v) is 11.9. The number of aromatic nitrogens is 3. The van der Waals surface area contributed by atoms with Crippen LogP contribution in [0.4, 0.5) is 0 Å². The molecule has 0 aliphatic carbocycles. The minimum absolute atomic E-state index is 0.0113. The van der Waals surface area contributed by atoms with Gasteiger partial charge in [0.05, 0.1) is 36.5 Å². The summed E-state index contributed by atoms with van der Waals surface area (Å²) >= 11 is 0. The molecule has 1 aliphatic rings. The van der Waals surface area contributed by atoms with Crippen molar-refractivity contribution in [2.45, 2.75) is 142 Å². The Labute approximate surface area is 369 Å². The fourth-order valence-electron chi connectivity index (χ4n) is 7.81. The molecule has 0 saturated carbocycles. The molecule has 3 aromatic rings. The molecule has 0 saturated heterocycles. The summed E-state index contributed by atoms with van der Waals surface area (Å²) in [5.74, 6) is -1.77. The maximum Gasteiger partial charge on any atom is 0.308 e. The molecule has 0 radical (unpaired) electrons. The van der Waals surface area contributed by atoms with E-state index in [0.29, 0.717) is 61.5 Å². The van der Waals surface area contributed by atoms with Gasteiger partial charge in [-0.25, -0.2) is 15.0 Å². The quantitative estimate of drug-likeness (QED) is 0.116. The molecule has 2 N–H and O–H groups in total. The number of amides is 1. The number of hydrogen-bond acceptors (Lipinski definition) is 16. The van der Waals surface area contributed by atoms with Crippen molar-refractivity contribution >= 4 is 30.2 Å². The van der Waals surface area contributed by atoms with E-state index in [4.69, 9.17) is 32.2 Å². The Morgan fingerprint density at radius 1 is 1.00 bits per heavy atom. The number of aliphatic hydroxyl groups excluding tert-OH is 2. The van der Waals surface area contributed by atoms with Crippen molar-refractivity contribution in [3.8, 4) is 23.2 Å². The van der Waals surface area contributed by atoms with Gasteiger partial charge in [-0.3, -0.25) is 19.2 Å². The summed E-state index contributed by atoms with van der Waals surface area (Å²) in [6, 6.07) is 0. The first-order chi connectivity index (χ1) is 30.0. The van der Waals surface area contributed by atoms with Gasteiger partial charge in [-0.1, -0.05) is 46.8 Å². The van der Waals surface area contributed by atoms with Crippen LogP contribution < -0.4 is 0 Å². The van der Waals surface area contributed by atoms with Gasteiger partial charge in [0, 0.05) is 77.3 Å². The van der Waals surface area contributed by atoms with Gasteiger partial charge in [0.15, 0.2) is 11.4 Å². The van der Waals surface area contributed by atoms with Crippen LogP contribution in [0, 0.1) is 23.7 Å². The number of nitrogens with zero attached hydrogens (tertiary/aromatic N) is 4. The summed E-state index contributed by atoms with van der Waals surface area (Å²) in [5.41, 5.74) is 1.31. The van der Waals surface area contributed by atoms with Crippen LogP contribution in [0.5, 0.6) is 0 Å². The van der Waals surface area contributed by atoms with Crippen LogP contribution in [-0.2, 0) is 38.1 Å². The van der Waals surface area contributed by atoms with E-state index in [1.807, 2.05) is 40.7 Å². The summed E-state index contributed by atoms with van der Waals surface area (Å²) in [7, 11) is 4.77. The van der Waals surface area contributed by atoms with Gasteiger partial charge in [0.2, 0.25) is 24.1 Å². The average molecular weight is 883 g/mol. The van der Waals surface area contributed by atoms with E-state index in [-0.39, 0.29) is 66.9 Å². The zero-order chi connectivity index (χ0) is 46.2. The highest BCUT2D eigenvalue weighted by atomic mass is 16.6. The maximum absolute atomic E-state index is 13.5. The van der Waals surface area contributed by atoms with Crippen LogP contribution in [0.3, 0.4) is 0 Å². The minimum Gasteiger partial charge on any atom is -0.462 e. The van der Waals surface area contributed by atoms with E-state index in [9.17, 15) is 29.4 Å². The fourth-order valence-corrected chi connectivity index (χ4v) is 7.81. The predicted octanol–water partition coefficient (Wildman–Crippen LogP) is 6.94. The number of cyclic esters (lactones) is 1. The van der Waals surface area contributed by atoms with Crippen molar-refractivity contribution in [2.24, 2.45) is 23.7 Å². The number of methoxy groups -OCH3 is 2. The topological polar surface area (TPSA) is 227 Å². The molecule has 348 valence electrons. The molecule has 0 aromatic carbocycles. The highest BCUT2D eigenvalue weighted by Gasteiger charge is 2.35. The number of hydrogen-bond donors (Lipinski definition) is 2. The van der Waals surface area contributed by atoms with Crippen LogP contribution in [0.25, 0.3) is 29.2 Å². The molecule has 0 spiro atoms.